The molecule has 170 valence electrons. The smallest absolute Gasteiger partial charge is 0.135 e. The topological polar surface area (TPSA) is 100 Å². The number of aromatic amines is 1. The number of aliphatic hydroxyl groups excluding tert-OH is 1. The zero-order valence-corrected chi connectivity index (χ0v) is 18.8. The van der Waals surface area contributed by atoms with E-state index in [-0.39, 0.29) is 24.3 Å². The Labute approximate surface area is 187 Å². The number of hydrogen-bond donors (Lipinski definition) is 3. The van der Waals surface area contributed by atoms with Gasteiger partial charge in [0.25, 0.3) is 0 Å². The maximum absolute atomic E-state index is 11.5. The highest BCUT2D eigenvalue weighted by Gasteiger charge is 2.37. The Kier molecular flexibility index (Phi) is 6.25. The molecule has 0 radical (unpaired) electrons. The van der Waals surface area contributed by atoms with Crippen LogP contribution >= 0.6 is 0 Å². The lowest BCUT2D eigenvalue weighted by molar-refractivity contribution is 0.171. The minimum absolute atomic E-state index is 0.00681. The fraction of sp³-hybridized carbons (Fsp3) is 0.375. The quantitative estimate of drug-likeness (QED) is 0.520. The number of aromatic hydroxyl groups is 1. The highest BCUT2D eigenvalue weighted by Crippen LogP contribution is 2.50. The first kappa shape index (κ1) is 22.0. The van der Waals surface area contributed by atoms with Crippen LogP contribution in [0.1, 0.15) is 17.9 Å². The van der Waals surface area contributed by atoms with Gasteiger partial charge < -0.3 is 29.3 Å². The Bertz CT molecular complexity index is 1100. The van der Waals surface area contributed by atoms with E-state index in [4.69, 9.17) is 14.2 Å². The molecule has 0 amide bonds. The van der Waals surface area contributed by atoms with E-state index in [1.54, 1.807) is 27.4 Å². The van der Waals surface area contributed by atoms with E-state index < -0.39 is 0 Å². The maximum Gasteiger partial charge on any atom is 0.135 e. The number of methoxy groups -OCH3 is 3. The first-order valence-electron chi connectivity index (χ1n) is 10.5. The molecule has 1 fully saturated rings. The van der Waals surface area contributed by atoms with Gasteiger partial charge in [-0.1, -0.05) is 12.1 Å². The largest absolute Gasteiger partial charge is 0.507 e. The number of hydrogen-bond acceptors (Lipinski definition) is 7. The van der Waals surface area contributed by atoms with Gasteiger partial charge in [0.15, 0.2) is 0 Å². The second-order valence-corrected chi connectivity index (χ2v) is 7.91. The molecule has 3 aromatic rings. The lowest BCUT2D eigenvalue weighted by atomic mass is 9.88. The summed E-state index contributed by atoms with van der Waals surface area (Å²) in [6.07, 6.45) is 0.798. The molecule has 8 nitrogen and oxygen atoms in total. The van der Waals surface area contributed by atoms with Crippen LogP contribution in [0.25, 0.3) is 22.5 Å². The second kappa shape index (κ2) is 9.10. The van der Waals surface area contributed by atoms with Crippen molar-refractivity contribution in [2.24, 2.45) is 0 Å². The minimum atomic E-state index is -0.109. The summed E-state index contributed by atoms with van der Waals surface area (Å²) in [6, 6.07) is 11.1. The Morgan fingerprint density at radius 3 is 2.47 bits per heavy atom. The van der Waals surface area contributed by atoms with Gasteiger partial charge in [0.1, 0.15) is 23.0 Å². The molecule has 2 unspecified atom stereocenters. The number of likely N-dealkylation sites (tertiary alicyclic amines) is 1. The van der Waals surface area contributed by atoms with Crippen molar-refractivity contribution < 1.29 is 24.4 Å². The van der Waals surface area contributed by atoms with Gasteiger partial charge in [0.2, 0.25) is 0 Å². The number of para-hydroxylation sites is 1. The maximum atomic E-state index is 11.5. The molecule has 2 atom stereocenters. The van der Waals surface area contributed by atoms with Crippen molar-refractivity contribution in [2.45, 2.75) is 18.4 Å². The molecule has 4 rings (SSSR count). The number of nitrogens with one attached hydrogen (secondary N) is 1. The van der Waals surface area contributed by atoms with Crippen molar-refractivity contribution in [2.75, 3.05) is 41.5 Å². The summed E-state index contributed by atoms with van der Waals surface area (Å²) in [5.74, 6) is 1.69. The minimum Gasteiger partial charge on any atom is -0.507 e. The Balaban J connectivity index is 1.86. The Morgan fingerprint density at radius 1 is 1.06 bits per heavy atom. The Hall–Kier alpha value is -3.23. The fourth-order valence-electron chi connectivity index (χ4n) is 4.64. The van der Waals surface area contributed by atoms with Gasteiger partial charge in [0, 0.05) is 29.2 Å². The molecular formula is C24H29N3O5. The number of ether oxygens (including phenoxy) is 3. The third-order valence-electron chi connectivity index (χ3n) is 6.32. The van der Waals surface area contributed by atoms with Gasteiger partial charge in [-0.25, -0.2) is 0 Å². The van der Waals surface area contributed by atoms with Crippen molar-refractivity contribution in [1.82, 2.24) is 15.1 Å². The van der Waals surface area contributed by atoms with E-state index in [1.165, 1.54) is 0 Å². The lowest BCUT2D eigenvalue weighted by Gasteiger charge is -2.26. The molecule has 1 aromatic heterocycles. The number of likely N-dealkylation sites (N-methyl/N-ethyl adjacent to an activating group) is 1. The molecule has 1 aliphatic heterocycles. The molecule has 0 bridgehead atoms. The highest BCUT2D eigenvalue weighted by atomic mass is 16.5. The van der Waals surface area contributed by atoms with Crippen molar-refractivity contribution in [3.63, 3.8) is 0 Å². The summed E-state index contributed by atoms with van der Waals surface area (Å²) < 4.78 is 16.7. The van der Waals surface area contributed by atoms with E-state index in [0.29, 0.717) is 39.8 Å². The van der Waals surface area contributed by atoms with E-state index in [0.717, 1.165) is 18.5 Å². The first-order chi connectivity index (χ1) is 15.5. The average Bonchev–Trinajstić information content (AvgIpc) is 3.44. The summed E-state index contributed by atoms with van der Waals surface area (Å²) in [5, 5.41) is 28.9. The third kappa shape index (κ3) is 3.65. The molecule has 0 aliphatic carbocycles. The SMILES string of the molecule is COc1ccccc1-c1cc(-c2c(OC)cc(OC)c(C3CCN(C)C3CO)c2O)[nH]n1. The number of benzene rings is 2. The second-order valence-electron chi connectivity index (χ2n) is 7.91. The summed E-state index contributed by atoms with van der Waals surface area (Å²) in [5.41, 5.74) is 3.30. The third-order valence-corrected chi connectivity index (χ3v) is 6.32. The van der Waals surface area contributed by atoms with Gasteiger partial charge in [-0.3, -0.25) is 5.10 Å². The van der Waals surface area contributed by atoms with Crippen LogP contribution in [0.15, 0.2) is 36.4 Å². The zero-order chi connectivity index (χ0) is 22.8. The molecule has 1 saturated heterocycles. The number of aliphatic hydroxyl groups is 1. The van der Waals surface area contributed by atoms with E-state index in [2.05, 4.69) is 15.1 Å². The van der Waals surface area contributed by atoms with Gasteiger partial charge >= 0.3 is 0 Å². The molecule has 32 heavy (non-hydrogen) atoms. The van der Waals surface area contributed by atoms with Crippen LogP contribution in [0.2, 0.25) is 0 Å². The number of nitrogens with zero attached hydrogens (tertiary/aromatic N) is 2. The number of H-pyrrole nitrogens is 1. The monoisotopic (exact) mass is 439 g/mol. The molecule has 1 aliphatic rings. The van der Waals surface area contributed by atoms with Crippen LogP contribution in [0.5, 0.6) is 23.0 Å². The average molecular weight is 440 g/mol. The van der Waals surface area contributed by atoms with Crippen molar-refractivity contribution >= 4 is 0 Å². The summed E-state index contributed by atoms with van der Waals surface area (Å²) in [6.45, 7) is 0.814. The van der Waals surface area contributed by atoms with E-state index in [1.807, 2.05) is 37.4 Å². The molecular weight excluding hydrogens is 410 g/mol. The van der Waals surface area contributed by atoms with Crippen LogP contribution in [-0.4, -0.2) is 72.9 Å². The van der Waals surface area contributed by atoms with Crippen LogP contribution in [0.4, 0.5) is 0 Å². The van der Waals surface area contributed by atoms with Crippen molar-refractivity contribution in [1.29, 1.82) is 0 Å². The predicted octanol–water partition coefficient (Wildman–Crippen LogP) is 3.26. The normalized spacial score (nSPS) is 18.7. The number of rotatable bonds is 7. The standard InChI is InChI=1S/C24H29N3O5/c1-27-10-9-15(18(27)13-28)22-20(31-3)12-21(32-4)23(24(22)29)17-11-16(25-26-17)14-7-5-6-8-19(14)30-2/h5-8,11-12,15,18,28-29H,9-10,13H2,1-4H3,(H,25,26). The van der Waals surface area contributed by atoms with Crippen LogP contribution in [0, 0.1) is 0 Å². The van der Waals surface area contributed by atoms with Crippen molar-refractivity contribution in [3.8, 4) is 45.5 Å². The van der Waals surface area contributed by atoms with Crippen LogP contribution < -0.4 is 14.2 Å². The summed E-state index contributed by atoms with van der Waals surface area (Å²) >= 11 is 0. The van der Waals surface area contributed by atoms with Gasteiger partial charge in [-0.15, -0.1) is 0 Å². The molecule has 2 aromatic carbocycles. The number of phenolic OH excluding ortho intramolecular Hbond substituents is 1. The zero-order valence-electron chi connectivity index (χ0n) is 18.8. The summed E-state index contributed by atoms with van der Waals surface area (Å²) in [4.78, 5) is 2.10. The molecule has 3 N–H and O–H groups in total. The summed E-state index contributed by atoms with van der Waals surface area (Å²) in [7, 11) is 6.71. The van der Waals surface area contributed by atoms with Crippen molar-refractivity contribution in [3.05, 3.63) is 42.0 Å². The predicted molar refractivity (Wildman–Crippen MR) is 122 cm³/mol. The van der Waals surface area contributed by atoms with Crippen LogP contribution in [0.3, 0.4) is 0 Å². The van der Waals surface area contributed by atoms with E-state index >= 15 is 0 Å². The van der Waals surface area contributed by atoms with Gasteiger partial charge in [-0.05, 0) is 38.2 Å². The van der Waals surface area contributed by atoms with E-state index in [9.17, 15) is 10.2 Å². The Morgan fingerprint density at radius 2 is 1.78 bits per heavy atom. The fourth-order valence-corrected chi connectivity index (χ4v) is 4.64. The molecule has 0 spiro atoms. The first-order valence-corrected chi connectivity index (χ1v) is 10.5. The molecule has 2 heterocycles. The van der Waals surface area contributed by atoms with Gasteiger partial charge in [0.05, 0.1) is 44.9 Å². The van der Waals surface area contributed by atoms with Gasteiger partial charge in [-0.2, -0.15) is 5.10 Å². The van der Waals surface area contributed by atoms with Crippen LogP contribution in [-0.2, 0) is 0 Å². The highest BCUT2D eigenvalue weighted by molar-refractivity contribution is 5.81. The molecule has 8 heteroatoms. The number of phenols is 1. The number of aromatic nitrogens is 2. The lowest BCUT2D eigenvalue weighted by Crippen LogP contribution is -2.32. The molecule has 0 saturated carbocycles.